The van der Waals surface area contributed by atoms with Crippen LogP contribution in [0.3, 0.4) is 0 Å². The monoisotopic (exact) mass is 259 g/mol. The number of nitrogens with zero attached hydrogens (tertiary/aromatic N) is 2. The molecule has 1 heterocycles. The molecule has 0 radical (unpaired) electrons. The molecule has 0 amide bonds. The van der Waals surface area contributed by atoms with E-state index in [1.807, 2.05) is 25.1 Å². The maximum absolute atomic E-state index is 8.97. The van der Waals surface area contributed by atoms with Gasteiger partial charge in [0.25, 0.3) is 0 Å². The normalized spacial score (nSPS) is 23.6. The molecule has 0 aliphatic carbocycles. The molecule has 0 spiro atoms. The fraction of sp³-hybridized carbons (Fsp3) is 0.533. The molecule has 102 valence electrons. The Bertz CT molecular complexity index is 467. The number of rotatable bonds is 3. The van der Waals surface area contributed by atoms with E-state index in [-0.39, 0.29) is 18.2 Å². The van der Waals surface area contributed by atoms with Gasteiger partial charge in [-0.3, -0.25) is 4.90 Å². The SMILES string of the molecule is CC(N)C1CN(C(C)c2cccc(C#N)c2)CCO1. The molecule has 0 saturated carbocycles. The molecular weight excluding hydrogens is 238 g/mol. The van der Waals surface area contributed by atoms with Crippen LogP contribution >= 0.6 is 0 Å². The Labute approximate surface area is 114 Å². The highest BCUT2D eigenvalue weighted by molar-refractivity contribution is 5.34. The molecule has 1 fully saturated rings. The molecule has 0 aromatic heterocycles. The summed E-state index contributed by atoms with van der Waals surface area (Å²) in [5, 5.41) is 8.97. The van der Waals surface area contributed by atoms with E-state index < -0.39 is 0 Å². The molecule has 4 nitrogen and oxygen atoms in total. The fourth-order valence-electron chi connectivity index (χ4n) is 2.45. The van der Waals surface area contributed by atoms with Crippen molar-refractivity contribution in [3.8, 4) is 6.07 Å². The first kappa shape index (κ1) is 14.0. The molecule has 2 rings (SSSR count). The smallest absolute Gasteiger partial charge is 0.0991 e. The quantitative estimate of drug-likeness (QED) is 0.897. The summed E-state index contributed by atoms with van der Waals surface area (Å²) in [6.07, 6.45) is 0.0929. The van der Waals surface area contributed by atoms with E-state index >= 15 is 0 Å². The third kappa shape index (κ3) is 3.32. The first-order chi connectivity index (χ1) is 9.11. The number of morpholine rings is 1. The standard InChI is InChI=1S/C15H21N3O/c1-11(17)15-10-18(6-7-19-15)12(2)14-5-3-4-13(8-14)9-16/h3-5,8,11-12,15H,6-7,10,17H2,1-2H3. The van der Waals surface area contributed by atoms with Crippen LogP contribution in [0.25, 0.3) is 0 Å². The van der Waals surface area contributed by atoms with Crippen molar-refractivity contribution >= 4 is 0 Å². The van der Waals surface area contributed by atoms with Crippen LogP contribution < -0.4 is 5.73 Å². The Hall–Kier alpha value is -1.41. The number of ether oxygens (including phenoxy) is 1. The topological polar surface area (TPSA) is 62.3 Å². The average Bonchev–Trinajstić information content (AvgIpc) is 2.46. The Morgan fingerprint density at radius 2 is 2.26 bits per heavy atom. The zero-order valence-corrected chi connectivity index (χ0v) is 11.5. The van der Waals surface area contributed by atoms with Gasteiger partial charge in [0.1, 0.15) is 0 Å². The van der Waals surface area contributed by atoms with E-state index in [0.29, 0.717) is 12.2 Å². The van der Waals surface area contributed by atoms with Crippen molar-refractivity contribution < 1.29 is 4.74 Å². The van der Waals surface area contributed by atoms with Crippen LogP contribution in [0.4, 0.5) is 0 Å². The number of hydrogen-bond donors (Lipinski definition) is 1. The maximum Gasteiger partial charge on any atom is 0.0991 e. The van der Waals surface area contributed by atoms with Crippen LogP contribution in [0.5, 0.6) is 0 Å². The minimum absolute atomic E-state index is 0.0421. The Kier molecular flexibility index (Phi) is 4.54. The van der Waals surface area contributed by atoms with Crippen molar-refractivity contribution in [2.24, 2.45) is 5.73 Å². The third-order valence-corrected chi connectivity index (χ3v) is 3.76. The lowest BCUT2D eigenvalue weighted by molar-refractivity contribution is -0.0498. The van der Waals surface area contributed by atoms with Gasteiger partial charge >= 0.3 is 0 Å². The Balaban J connectivity index is 2.10. The predicted molar refractivity (Wildman–Crippen MR) is 74.5 cm³/mol. The van der Waals surface area contributed by atoms with E-state index in [9.17, 15) is 0 Å². The summed E-state index contributed by atoms with van der Waals surface area (Å²) in [5.41, 5.74) is 7.80. The molecule has 4 heteroatoms. The highest BCUT2D eigenvalue weighted by atomic mass is 16.5. The largest absolute Gasteiger partial charge is 0.374 e. The van der Waals surface area contributed by atoms with Gasteiger partial charge in [0.2, 0.25) is 0 Å². The van der Waals surface area contributed by atoms with Gasteiger partial charge in [-0.05, 0) is 31.5 Å². The summed E-state index contributed by atoms with van der Waals surface area (Å²) in [7, 11) is 0. The summed E-state index contributed by atoms with van der Waals surface area (Å²) in [5.74, 6) is 0. The van der Waals surface area contributed by atoms with Gasteiger partial charge in [0, 0.05) is 25.2 Å². The van der Waals surface area contributed by atoms with Gasteiger partial charge < -0.3 is 10.5 Å². The molecule has 3 atom stereocenters. The molecule has 1 aliphatic heterocycles. The summed E-state index contributed by atoms with van der Waals surface area (Å²) in [4.78, 5) is 2.37. The first-order valence-corrected chi connectivity index (χ1v) is 6.73. The molecule has 1 saturated heterocycles. The third-order valence-electron chi connectivity index (χ3n) is 3.76. The predicted octanol–water partition coefficient (Wildman–Crippen LogP) is 1.67. The average molecular weight is 259 g/mol. The Morgan fingerprint density at radius 1 is 1.47 bits per heavy atom. The van der Waals surface area contributed by atoms with Gasteiger partial charge in [-0.15, -0.1) is 0 Å². The molecule has 1 aliphatic rings. The summed E-state index contributed by atoms with van der Waals surface area (Å²) in [6.45, 7) is 6.61. The van der Waals surface area contributed by atoms with E-state index in [1.165, 1.54) is 5.56 Å². The van der Waals surface area contributed by atoms with E-state index in [2.05, 4.69) is 24.0 Å². The van der Waals surface area contributed by atoms with Crippen LogP contribution in [0, 0.1) is 11.3 Å². The van der Waals surface area contributed by atoms with Gasteiger partial charge in [-0.2, -0.15) is 5.26 Å². The van der Waals surface area contributed by atoms with Gasteiger partial charge in [0.05, 0.1) is 24.3 Å². The molecule has 2 N–H and O–H groups in total. The van der Waals surface area contributed by atoms with Crippen LogP contribution in [0.15, 0.2) is 24.3 Å². The van der Waals surface area contributed by atoms with Crippen molar-refractivity contribution in [2.45, 2.75) is 32.0 Å². The second-order valence-electron chi connectivity index (χ2n) is 5.18. The van der Waals surface area contributed by atoms with Gasteiger partial charge in [-0.25, -0.2) is 0 Å². The lowest BCUT2D eigenvalue weighted by atomic mass is 10.0. The summed E-state index contributed by atoms with van der Waals surface area (Å²) in [6, 6.07) is 10.3. The van der Waals surface area contributed by atoms with Crippen LogP contribution in [-0.4, -0.2) is 36.7 Å². The van der Waals surface area contributed by atoms with Gasteiger partial charge in [-0.1, -0.05) is 12.1 Å². The lowest BCUT2D eigenvalue weighted by Gasteiger charge is -2.38. The number of hydrogen-bond acceptors (Lipinski definition) is 4. The number of nitriles is 1. The van der Waals surface area contributed by atoms with Crippen LogP contribution in [-0.2, 0) is 4.74 Å². The van der Waals surface area contributed by atoms with Crippen molar-refractivity contribution in [3.63, 3.8) is 0 Å². The van der Waals surface area contributed by atoms with Crippen LogP contribution in [0.2, 0.25) is 0 Å². The number of nitrogens with two attached hydrogens (primary N) is 1. The highest BCUT2D eigenvalue weighted by Gasteiger charge is 2.26. The van der Waals surface area contributed by atoms with E-state index in [4.69, 9.17) is 15.7 Å². The summed E-state index contributed by atoms with van der Waals surface area (Å²) < 4.78 is 5.68. The zero-order chi connectivity index (χ0) is 13.8. The van der Waals surface area contributed by atoms with Crippen molar-refractivity contribution in [1.82, 2.24) is 4.90 Å². The zero-order valence-electron chi connectivity index (χ0n) is 11.5. The minimum Gasteiger partial charge on any atom is -0.374 e. The lowest BCUT2D eigenvalue weighted by Crippen LogP contribution is -2.50. The molecule has 1 aromatic rings. The van der Waals surface area contributed by atoms with E-state index in [0.717, 1.165) is 13.1 Å². The second kappa shape index (κ2) is 6.16. The fourth-order valence-corrected chi connectivity index (χ4v) is 2.45. The molecule has 3 unspecified atom stereocenters. The van der Waals surface area contributed by atoms with Crippen LogP contribution in [0.1, 0.15) is 31.0 Å². The molecule has 0 bridgehead atoms. The highest BCUT2D eigenvalue weighted by Crippen LogP contribution is 2.23. The van der Waals surface area contributed by atoms with Gasteiger partial charge in [0.15, 0.2) is 0 Å². The molecular formula is C15H21N3O. The second-order valence-corrected chi connectivity index (χ2v) is 5.18. The first-order valence-electron chi connectivity index (χ1n) is 6.73. The van der Waals surface area contributed by atoms with Crippen molar-refractivity contribution in [3.05, 3.63) is 35.4 Å². The molecule has 1 aromatic carbocycles. The maximum atomic E-state index is 8.97. The molecule has 19 heavy (non-hydrogen) atoms. The van der Waals surface area contributed by atoms with E-state index in [1.54, 1.807) is 0 Å². The number of benzene rings is 1. The van der Waals surface area contributed by atoms with Crippen molar-refractivity contribution in [2.75, 3.05) is 19.7 Å². The Morgan fingerprint density at radius 3 is 2.95 bits per heavy atom. The minimum atomic E-state index is 0.0421. The summed E-state index contributed by atoms with van der Waals surface area (Å²) >= 11 is 0. The van der Waals surface area contributed by atoms with Crippen molar-refractivity contribution in [1.29, 1.82) is 5.26 Å².